The van der Waals surface area contributed by atoms with Crippen LogP contribution in [-0.4, -0.2) is 21.0 Å². The number of aromatic carboxylic acids is 1. The summed E-state index contributed by atoms with van der Waals surface area (Å²) < 4.78 is 0. The lowest BCUT2D eigenvalue weighted by molar-refractivity contribution is 0.0697. The van der Waals surface area contributed by atoms with Crippen molar-refractivity contribution in [1.29, 1.82) is 0 Å². The van der Waals surface area contributed by atoms with E-state index in [1.54, 1.807) is 11.3 Å². The molecule has 0 aliphatic carbocycles. The third-order valence-corrected chi connectivity index (χ3v) is 3.01. The number of nitrogens with zero attached hydrogens (tertiary/aromatic N) is 2. The molecule has 0 amide bonds. The molecule has 6 heteroatoms. The molecule has 82 valence electrons. The summed E-state index contributed by atoms with van der Waals surface area (Å²) in [7, 11) is 0. The Bertz CT molecular complexity index is 551. The van der Waals surface area contributed by atoms with Gasteiger partial charge >= 0.3 is 5.97 Å². The van der Waals surface area contributed by atoms with Crippen LogP contribution in [0.1, 0.15) is 15.9 Å². The number of aryl methyl sites for hydroxylation is 1. The summed E-state index contributed by atoms with van der Waals surface area (Å²) in [5.41, 5.74) is 7.41. The van der Waals surface area contributed by atoms with Crippen molar-refractivity contribution in [3.8, 4) is 11.4 Å². The summed E-state index contributed by atoms with van der Waals surface area (Å²) in [4.78, 5) is 18.7. The molecule has 16 heavy (non-hydrogen) atoms. The molecule has 0 saturated carbocycles. The van der Waals surface area contributed by atoms with Crippen LogP contribution in [0.3, 0.4) is 0 Å². The molecule has 0 unspecified atom stereocenters. The van der Waals surface area contributed by atoms with Crippen molar-refractivity contribution < 1.29 is 9.90 Å². The highest BCUT2D eigenvalue weighted by molar-refractivity contribution is 7.08. The van der Waals surface area contributed by atoms with E-state index in [9.17, 15) is 4.79 Å². The number of rotatable bonds is 2. The number of hydrogen-bond acceptors (Lipinski definition) is 5. The Morgan fingerprint density at radius 3 is 2.75 bits per heavy atom. The summed E-state index contributed by atoms with van der Waals surface area (Å²) >= 11 is 1.54. The normalized spacial score (nSPS) is 10.3. The van der Waals surface area contributed by atoms with Crippen LogP contribution >= 0.6 is 11.3 Å². The third kappa shape index (κ3) is 1.74. The Hall–Kier alpha value is -1.95. The minimum absolute atomic E-state index is 0.0110. The monoisotopic (exact) mass is 235 g/mol. The smallest absolute Gasteiger partial charge is 0.341 e. The van der Waals surface area contributed by atoms with Gasteiger partial charge in [-0.2, -0.15) is 11.3 Å². The van der Waals surface area contributed by atoms with E-state index in [1.165, 1.54) is 6.20 Å². The van der Waals surface area contributed by atoms with Gasteiger partial charge in [0.1, 0.15) is 11.4 Å². The second-order valence-electron chi connectivity index (χ2n) is 3.27. The van der Waals surface area contributed by atoms with Crippen molar-refractivity contribution in [2.45, 2.75) is 6.92 Å². The number of anilines is 1. The van der Waals surface area contributed by atoms with Crippen LogP contribution in [0.2, 0.25) is 0 Å². The van der Waals surface area contributed by atoms with E-state index in [0.29, 0.717) is 5.82 Å². The molecule has 0 spiro atoms. The molecular weight excluding hydrogens is 226 g/mol. The van der Waals surface area contributed by atoms with Gasteiger partial charge in [-0.25, -0.2) is 14.8 Å². The Balaban J connectivity index is 2.50. The number of nitrogen functional groups attached to an aromatic ring is 1. The van der Waals surface area contributed by atoms with Crippen LogP contribution < -0.4 is 5.73 Å². The molecule has 0 radical (unpaired) electrons. The Morgan fingerprint density at radius 2 is 2.25 bits per heavy atom. The molecule has 0 fully saturated rings. The second kappa shape index (κ2) is 3.90. The van der Waals surface area contributed by atoms with E-state index in [2.05, 4.69) is 9.97 Å². The van der Waals surface area contributed by atoms with Crippen molar-refractivity contribution in [2.24, 2.45) is 0 Å². The highest BCUT2D eigenvalue weighted by Crippen LogP contribution is 2.24. The average molecular weight is 235 g/mol. The van der Waals surface area contributed by atoms with Crippen molar-refractivity contribution in [3.05, 3.63) is 28.1 Å². The molecule has 0 saturated heterocycles. The molecule has 3 N–H and O–H groups in total. The number of hydrogen-bond donors (Lipinski definition) is 2. The zero-order chi connectivity index (χ0) is 11.7. The van der Waals surface area contributed by atoms with E-state index < -0.39 is 5.97 Å². The van der Waals surface area contributed by atoms with Crippen molar-refractivity contribution in [1.82, 2.24) is 9.97 Å². The number of carbonyl (C=O) groups is 1. The summed E-state index contributed by atoms with van der Waals surface area (Å²) in [6.07, 6.45) is 1.23. The molecule has 2 rings (SSSR count). The predicted octanol–water partition coefficient (Wildman–Crippen LogP) is 1.79. The van der Waals surface area contributed by atoms with Gasteiger partial charge in [-0.05, 0) is 17.9 Å². The maximum Gasteiger partial charge on any atom is 0.341 e. The summed E-state index contributed by atoms with van der Waals surface area (Å²) in [5, 5.41) is 12.7. The van der Waals surface area contributed by atoms with E-state index >= 15 is 0 Å². The lowest BCUT2D eigenvalue weighted by Crippen LogP contribution is -2.06. The van der Waals surface area contributed by atoms with Crippen molar-refractivity contribution in [2.75, 3.05) is 5.73 Å². The van der Waals surface area contributed by atoms with Gasteiger partial charge in [0.25, 0.3) is 0 Å². The van der Waals surface area contributed by atoms with Gasteiger partial charge in [-0.15, -0.1) is 0 Å². The van der Waals surface area contributed by atoms with Gasteiger partial charge in [-0.3, -0.25) is 0 Å². The predicted molar refractivity (Wildman–Crippen MR) is 61.5 cm³/mol. The Morgan fingerprint density at radius 1 is 1.50 bits per heavy atom. The lowest BCUT2D eigenvalue weighted by Gasteiger charge is -2.02. The molecule has 0 aliphatic heterocycles. The van der Waals surface area contributed by atoms with Gasteiger partial charge < -0.3 is 10.8 Å². The zero-order valence-corrected chi connectivity index (χ0v) is 9.28. The first kappa shape index (κ1) is 10.6. The van der Waals surface area contributed by atoms with Gasteiger partial charge in [0.2, 0.25) is 0 Å². The fourth-order valence-corrected chi connectivity index (χ4v) is 2.11. The van der Waals surface area contributed by atoms with Crippen LogP contribution in [-0.2, 0) is 0 Å². The highest BCUT2D eigenvalue weighted by atomic mass is 32.1. The highest BCUT2D eigenvalue weighted by Gasteiger charge is 2.13. The lowest BCUT2D eigenvalue weighted by atomic mass is 10.2. The molecule has 0 bridgehead atoms. The second-order valence-corrected chi connectivity index (χ2v) is 4.01. The van der Waals surface area contributed by atoms with Gasteiger partial charge in [0, 0.05) is 17.1 Å². The molecule has 0 aliphatic rings. The Labute approximate surface area is 95.6 Å². The number of thiophene rings is 1. The maximum atomic E-state index is 10.7. The first-order valence-corrected chi connectivity index (χ1v) is 5.43. The SMILES string of the molecule is Cc1cscc1-c1ncc(C(=O)O)c(N)n1. The molecule has 2 aromatic rings. The van der Waals surface area contributed by atoms with Crippen LogP contribution in [0.15, 0.2) is 17.0 Å². The summed E-state index contributed by atoms with van der Waals surface area (Å²) in [5.74, 6) is -0.671. The number of aromatic nitrogens is 2. The molecule has 2 heterocycles. The molecular formula is C10H9N3O2S. The van der Waals surface area contributed by atoms with Gasteiger partial charge in [-0.1, -0.05) is 0 Å². The molecule has 0 aromatic carbocycles. The summed E-state index contributed by atoms with van der Waals surface area (Å²) in [6, 6.07) is 0. The topological polar surface area (TPSA) is 89.1 Å². The van der Waals surface area contributed by atoms with E-state index in [-0.39, 0.29) is 11.4 Å². The first-order chi connectivity index (χ1) is 7.59. The fraction of sp³-hybridized carbons (Fsp3) is 0.100. The van der Waals surface area contributed by atoms with Crippen LogP contribution in [0, 0.1) is 6.92 Å². The van der Waals surface area contributed by atoms with Gasteiger partial charge in [0.15, 0.2) is 5.82 Å². The summed E-state index contributed by atoms with van der Waals surface area (Å²) in [6.45, 7) is 1.94. The zero-order valence-electron chi connectivity index (χ0n) is 8.47. The minimum Gasteiger partial charge on any atom is -0.477 e. The number of carboxylic acid groups (broad SMARTS) is 1. The average Bonchev–Trinajstić information content (AvgIpc) is 2.63. The van der Waals surface area contributed by atoms with Crippen LogP contribution in [0.5, 0.6) is 0 Å². The van der Waals surface area contributed by atoms with E-state index in [0.717, 1.165) is 11.1 Å². The molecule has 0 atom stereocenters. The van der Waals surface area contributed by atoms with E-state index in [1.807, 2.05) is 17.7 Å². The molecule has 5 nitrogen and oxygen atoms in total. The third-order valence-electron chi connectivity index (χ3n) is 2.15. The van der Waals surface area contributed by atoms with Crippen LogP contribution in [0.4, 0.5) is 5.82 Å². The maximum absolute atomic E-state index is 10.7. The first-order valence-electron chi connectivity index (χ1n) is 4.48. The standard InChI is InChI=1S/C10H9N3O2S/c1-5-3-16-4-7(5)9-12-2-6(10(14)15)8(11)13-9/h2-4H,1H3,(H,14,15)(H2,11,12,13). The quantitative estimate of drug-likeness (QED) is 0.828. The largest absolute Gasteiger partial charge is 0.477 e. The molecule has 2 aromatic heterocycles. The Kier molecular flexibility index (Phi) is 2.57. The van der Waals surface area contributed by atoms with Crippen molar-refractivity contribution >= 4 is 23.1 Å². The van der Waals surface area contributed by atoms with Crippen LogP contribution in [0.25, 0.3) is 11.4 Å². The fourth-order valence-electron chi connectivity index (χ4n) is 1.28. The number of carboxylic acids is 1. The van der Waals surface area contributed by atoms with Crippen molar-refractivity contribution in [3.63, 3.8) is 0 Å². The van der Waals surface area contributed by atoms with Gasteiger partial charge in [0.05, 0.1) is 0 Å². The number of nitrogens with two attached hydrogens (primary N) is 1. The minimum atomic E-state index is -1.12. The van der Waals surface area contributed by atoms with E-state index in [4.69, 9.17) is 10.8 Å².